The van der Waals surface area contributed by atoms with Crippen molar-refractivity contribution < 1.29 is 14.0 Å². The van der Waals surface area contributed by atoms with Crippen molar-refractivity contribution in [2.75, 3.05) is 14.2 Å². The smallest absolute Gasteiger partial charge is 0.258 e. The lowest BCUT2D eigenvalue weighted by atomic mass is 9.94. The van der Waals surface area contributed by atoms with Gasteiger partial charge in [0.2, 0.25) is 5.82 Å². The lowest BCUT2D eigenvalue weighted by molar-refractivity contribution is 0.395. The zero-order valence-electron chi connectivity index (χ0n) is 20.3. The van der Waals surface area contributed by atoms with Crippen LogP contribution in [-0.4, -0.2) is 34.4 Å². The van der Waals surface area contributed by atoms with Crippen molar-refractivity contribution in [3.05, 3.63) is 102 Å². The van der Waals surface area contributed by atoms with Crippen LogP contribution in [0.1, 0.15) is 30.0 Å². The second-order valence-electron chi connectivity index (χ2n) is 8.38. The van der Waals surface area contributed by atoms with Crippen LogP contribution in [0.15, 0.2) is 89.1 Å². The first-order valence-corrected chi connectivity index (χ1v) is 11.9. The molecule has 8 heteroatoms. The number of nitrogens with zero attached hydrogens (tertiary/aromatic N) is 3. The van der Waals surface area contributed by atoms with Crippen LogP contribution in [-0.2, 0) is 6.54 Å². The van der Waals surface area contributed by atoms with Crippen molar-refractivity contribution in [1.82, 2.24) is 20.4 Å². The molecule has 4 aromatic rings. The lowest BCUT2D eigenvalue weighted by Crippen LogP contribution is -2.45. The summed E-state index contributed by atoms with van der Waals surface area (Å²) in [5.41, 5.74) is 4.78. The highest BCUT2D eigenvalue weighted by Crippen LogP contribution is 2.38. The standard InChI is InChI=1S/C28H26N4O3S/c1-18-24(27-30-26(31-35-27)21-10-7-11-23(16-21)34-3)25(20-12-14-22(33-2)15-13-20)29-28(36)32(18)17-19-8-5-4-6-9-19/h4-16,25H,17H2,1-3H3,(H,29,36). The van der Waals surface area contributed by atoms with Crippen molar-refractivity contribution >= 4 is 22.9 Å². The second-order valence-corrected chi connectivity index (χ2v) is 8.77. The van der Waals surface area contributed by atoms with Crippen LogP contribution in [0.3, 0.4) is 0 Å². The van der Waals surface area contributed by atoms with Gasteiger partial charge in [0.05, 0.1) is 25.8 Å². The van der Waals surface area contributed by atoms with E-state index in [0.717, 1.165) is 39.5 Å². The first-order valence-electron chi connectivity index (χ1n) is 11.5. The first kappa shape index (κ1) is 23.6. The van der Waals surface area contributed by atoms with Gasteiger partial charge in [0.1, 0.15) is 11.5 Å². The molecular formula is C28H26N4O3S. The maximum absolute atomic E-state index is 5.84. The number of allylic oxidation sites excluding steroid dienone is 1. The molecule has 0 saturated heterocycles. The zero-order chi connectivity index (χ0) is 25.1. The number of methoxy groups -OCH3 is 2. The van der Waals surface area contributed by atoms with E-state index in [1.807, 2.05) is 73.7 Å². The molecule has 0 aliphatic carbocycles. The highest BCUT2D eigenvalue weighted by Gasteiger charge is 2.34. The Hall–Kier alpha value is -4.17. The Bertz CT molecular complexity index is 1400. The first-order chi connectivity index (χ1) is 17.6. The second kappa shape index (κ2) is 10.2. The number of aromatic nitrogens is 2. The molecule has 0 spiro atoms. The third-order valence-electron chi connectivity index (χ3n) is 6.21. The summed E-state index contributed by atoms with van der Waals surface area (Å²) in [6.07, 6.45) is 0. The number of thiocarbonyl (C=S) groups is 1. The van der Waals surface area contributed by atoms with E-state index in [4.69, 9.17) is 31.2 Å². The Morgan fingerprint density at radius 2 is 1.69 bits per heavy atom. The summed E-state index contributed by atoms with van der Waals surface area (Å²) in [6, 6.07) is 25.4. The molecule has 182 valence electrons. The SMILES string of the molecule is COc1ccc(C2NC(=S)N(Cc3ccccc3)C(C)=C2c2nc(-c3cccc(OC)c3)no2)cc1. The maximum Gasteiger partial charge on any atom is 0.258 e. The van der Waals surface area contributed by atoms with Crippen LogP contribution < -0.4 is 14.8 Å². The Morgan fingerprint density at radius 3 is 2.42 bits per heavy atom. The quantitative estimate of drug-likeness (QED) is 0.329. The molecule has 0 saturated carbocycles. The molecule has 0 radical (unpaired) electrons. The zero-order valence-corrected chi connectivity index (χ0v) is 21.1. The summed E-state index contributed by atoms with van der Waals surface area (Å²) >= 11 is 5.82. The van der Waals surface area contributed by atoms with Crippen LogP contribution in [0.4, 0.5) is 0 Å². The van der Waals surface area contributed by atoms with Crippen molar-refractivity contribution in [3.63, 3.8) is 0 Å². The van der Waals surface area contributed by atoms with Crippen LogP contribution in [0.5, 0.6) is 11.5 Å². The summed E-state index contributed by atoms with van der Waals surface area (Å²) < 4.78 is 16.5. The fourth-order valence-electron chi connectivity index (χ4n) is 4.27. The van der Waals surface area contributed by atoms with Crippen molar-refractivity contribution in [3.8, 4) is 22.9 Å². The molecule has 0 bridgehead atoms. The Kier molecular flexibility index (Phi) is 6.69. The number of ether oxygens (including phenoxy) is 2. The molecule has 0 fully saturated rings. The van der Waals surface area contributed by atoms with Gasteiger partial charge in [-0.1, -0.05) is 59.8 Å². The van der Waals surface area contributed by atoms with Gasteiger partial charge in [-0.25, -0.2) is 0 Å². The van der Waals surface area contributed by atoms with Crippen molar-refractivity contribution in [1.29, 1.82) is 0 Å². The van der Waals surface area contributed by atoms with Gasteiger partial charge in [-0.2, -0.15) is 4.98 Å². The lowest BCUT2D eigenvalue weighted by Gasteiger charge is -2.37. The van der Waals surface area contributed by atoms with Crippen LogP contribution >= 0.6 is 12.2 Å². The third kappa shape index (κ3) is 4.67. The summed E-state index contributed by atoms with van der Waals surface area (Å²) in [7, 11) is 3.28. The van der Waals surface area contributed by atoms with E-state index in [1.165, 1.54) is 0 Å². The van der Waals surface area contributed by atoms with Gasteiger partial charge in [0.15, 0.2) is 5.11 Å². The van der Waals surface area contributed by atoms with Gasteiger partial charge >= 0.3 is 0 Å². The van der Waals surface area contributed by atoms with E-state index in [1.54, 1.807) is 14.2 Å². The highest BCUT2D eigenvalue weighted by atomic mass is 32.1. The minimum absolute atomic E-state index is 0.269. The molecule has 3 aromatic carbocycles. The molecule has 1 aromatic heterocycles. The Labute approximate surface area is 215 Å². The largest absolute Gasteiger partial charge is 0.497 e. The average Bonchev–Trinajstić information content (AvgIpc) is 3.41. The van der Waals surface area contributed by atoms with Gasteiger partial charge in [0, 0.05) is 17.8 Å². The molecular weight excluding hydrogens is 472 g/mol. The van der Waals surface area contributed by atoms with E-state index >= 15 is 0 Å². The summed E-state index contributed by atoms with van der Waals surface area (Å²) in [5.74, 6) is 2.42. The molecule has 36 heavy (non-hydrogen) atoms. The van der Waals surface area contributed by atoms with Crippen molar-refractivity contribution in [2.24, 2.45) is 0 Å². The fraction of sp³-hybridized carbons (Fsp3) is 0.179. The number of hydrogen-bond acceptors (Lipinski definition) is 6. The molecule has 2 heterocycles. The number of hydrogen-bond donors (Lipinski definition) is 1. The normalized spacial score (nSPS) is 15.6. The maximum atomic E-state index is 5.84. The van der Waals surface area contributed by atoms with Crippen LogP contribution in [0, 0.1) is 0 Å². The van der Waals surface area contributed by atoms with E-state index in [0.29, 0.717) is 23.4 Å². The van der Waals surface area contributed by atoms with E-state index in [2.05, 4.69) is 27.5 Å². The summed E-state index contributed by atoms with van der Waals surface area (Å²) in [5, 5.41) is 8.41. The highest BCUT2D eigenvalue weighted by molar-refractivity contribution is 7.80. The number of rotatable bonds is 7. The minimum Gasteiger partial charge on any atom is -0.497 e. The molecule has 1 aliphatic heterocycles. The molecule has 1 atom stereocenters. The minimum atomic E-state index is -0.269. The molecule has 1 N–H and O–H groups in total. The molecule has 1 aliphatic rings. The van der Waals surface area contributed by atoms with Crippen LogP contribution in [0.25, 0.3) is 17.0 Å². The topological polar surface area (TPSA) is 72.7 Å². The van der Waals surface area contributed by atoms with E-state index in [-0.39, 0.29) is 6.04 Å². The summed E-state index contributed by atoms with van der Waals surface area (Å²) in [6.45, 7) is 2.66. The van der Waals surface area contributed by atoms with Crippen molar-refractivity contribution in [2.45, 2.75) is 19.5 Å². The van der Waals surface area contributed by atoms with Crippen LogP contribution in [0.2, 0.25) is 0 Å². The molecule has 0 amide bonds. The molecule has 7 nitrogen and oxygen atoms in total. The summed E-state index contributed by atoms with van der Waals surface area (Å²) in [4.78, 5) is 6.85. The Morgan fingerprint density at radius 1 is 0.944 bits per heavy atom. The number of benzene rings is 3. The predicted molar refractivity (Wildman–Crippen MR) is 142 cm³/mol. The fourth-order valence-corrected chi connectivity index (χ4v) is 4.59. The van der Waals surface area contributed by atoms with Gasteiger partial charge in [-0.05, 0) is 54.5 Å². The van der Waals surface area contributed by atoms with Gasteiger partial charge in [-0.3, -0.25) is 0 Å². The van der Waals surface area contributed by atoms with E-state index < -0.39 is 0 Å². The number of nitrogens with one attached hydrogen (secondary N) is 1. The molecule has 5 rings (SSSR count). The predicted octanol–water partition coefficient (Wildman–Crippen LogP) is 5.62. The van der Waals surface area contributed by atoms with Gasteiger partial charge < -0.3 is 24.2 Å². The monoisotopic (exact) mass is 498 g/mol. The molecule has 1 unspecified atom stereocenters. The van der Waals surface area contributed by atoms with Gasteiger partial charge in [-0.15, -0.1) is 0 Å². The van der Waals surface area contributed by atoms with E-state index in [9.17, 15) is 0 Å². The Balaban J connectivity index is 1.59. The van der Waals surface area contributed by atoms with Gasteiger partial charge in [0.25, 0.3) is 5.89 Å². The third-order valence-corrected chi connectivity index (χ3v) is 6.55. The average molecular weight is 499 g/mol.